The first kappa shape index (κ1) is 15.5. The van der Waals surface area contributed by atoms with Gasteiger partial charge in [0.1, 0.15) is 5.75 Å². The lowest BCUT2D eigenvalue weighted by Gasteiger charge is -2.01. The van der Waals surface area contributed by atoms with Gasteiger partial charge in [-0.1, -0.05) is 35.5 Å². The Morgan fingerprint density at radius 3 is 2.45 bits per heavy atom. The molecule has 0 aliphatic heterocycles. The molecule has 0 aliphatic carbocycles. The van der Waals surface area contributed by atoms with E-state index >= 15 is 0 Å². The Hall–Kier alpha value is -2.88. The summed E-state index contributed by atoms with van der Waals surface area (Å²) in [5.74, 6) is 0.272. The molecule has 0 unspecified atom stereocenters. The third kappa shape index (κ3) is 5.25. The lowest BCUT2D eigenvalue weighted by molar-refractivity contribution is -0.137. The maximum atomic E-state index is 11.5. The summed E-state index contributed by atoms with van der Waals surface area (Å²) in [4.78, 5) is 16.3. The Labute approximate surface area is 129 Å². The molecule has 0 spiro atoms. The van der Waals surface area contributed by atoms with Crippen LogP contribution in [0, 0.1) is 0 Å². The summed E-state index contributed by atoms with van der Waals surface area (Å²) in [6.07, 6.45) is 4.49. The first-order valence-electron chi connectivity index (χ1n) is 6.98. The maximum absolute atomic E-state index is 11.5. The summed E-state index contributed by atoms with van der Waals surface area (Å²) >= 11 is 0. The SMILES string of the molecule is CCOc1ccc(/C=N\OC(=O)/C=C\c2ccccc2)cc1. The molecule has 0 saturated carbocycles. The molecule has 0 saturated heterocycles. The minimum Gasteiger partial charge on any atom is -0.494 e. The van der Waals surface area contributed by atoms with E-state index in [1.54, 1.807) is 6.08 Å². The molecule has 22 heavy (non-hydrogen) atoms. The fraction of sp³-hybridized carbons (Fsp3) is 0.111. The average Bonchev–Trinajstić information content (AvgIpc) is 2.56. The number of benzene rings is 2. The monoisotopic (exact) mass is 295 g/mol. The van der Waals surface area contributed by atoms with Crippen LogP contribution < -0.4 is 4.74 Å². The van der Waals surface area contributed by atoms with E-state index in [0.717, 1.165) is 16.9 Å². The molecule has 0 atom stereocenters. The van der Waals surface area contributed by atoms with Crippen molar-refractivity contribution in [2.45, 2.75) is 6.92 Å². The van der Waals surface area contributed by atoms with Gasteiger partial charge in [0.15, 0.2) is 0 Å². The number of nitrogens with zero attached hydrogens (tertiary/aromatic N) is 1. The summed E-state index contributed by atoms with van der Waals surface area (Å²) in [7, 11) is 0. The highest BCUT2D eigenvalue weighted by molar-refractivity contribution is 5.88. The fourth-order valence-corrected chi connectivity index (χ4v) is 1.71. The van der Waals surface area contributed by atoms with Crippen LogP contribution in [0.4, 0.5) is 0 Å². The summed E-state index contributed by atoms with van der Waals surface area (Å²) < 4.78 is 5.34. The Bertz CT molecular complexity index is 646. The van der Waals surface area contributed by atoms with Gasteiger partial charge in [-0.05, 0) is 48.4 Å². The third-order valence-corrected chi connectivity index (χ3v) is 2.75. The first-order valence-corrected chi connectivity index (χ1v) is 6.98. The molecule has 0 heterocycles. The maximum Gasteiger partial charge on any atom is 0.358 e. The second-order valence-electron chi connectivity index (χ2n) is 4.39. The molecule has 2 aromatic carbocycles. The van der Waals surface area contributed by atoms with Gasteiger partial charge in [-0.25, -0.2) is 4.79 Å². The van der Waals surface area contributed by atoms with Crippen molar-refractivity contribution in [3.63, 3.8) is 0 Å². The molecule has 0 aromatic heterocycles. The van der Waals surface area contributed by atoms with Crippen molar-refractivity contribution >= 4 is 18.3 Å². The smallest absolute Gasteiger partial charge is 0.358 e. The van der Waals surface area contributed by atoms with Gasteiger partial charge in [-0.15, -0.1) is 0 Å². The van der Waals surface area contributed by atoms with Crippen molar-refractivity contribution in [1.29, 1.82) is 0 Å². The minimum atomic E-state index is -0.522. The number of hydrogen-bond donors (Lipinski definition) is 0. The summed E-state index contributed by atoms with van der Waals surface area (Å²) in [5, 5.41) is 3.66. The number of rotatable bonds is 6. The topological polar surface area (TPSA) is 47.9 Å². The predicted molar refractivity (Wildman–Crippen MR) is 86.8 cm³/mol. The first-order chi connectivity index (χ1) is 10.8. The second-order valence-corrected chi connectivity index (χ2v) is 4.39. The highest BCUT2D eigenvalue weighted by Crippen LogP contribution is 2.10. The molecule has 0 aliphatic rings. The molecule has 112 valence electrons. The number of ether oxygens (including phenoxy) is 1. The second kappa shape index (κ2) is 8.42. The van der Waals surface area contributed by atoms with Crippen molar-refractivity contribution in [2.24, 2.45) is 5.16 Å². The van der Waals surface area contributed by atoms with Gasteiger partial charge in [0.2, 0.25) is 0 Å². The molecule has 4 heteroatoms. The van der Waals surface area contributed by atoms with Crippen LogP contribution in [0.3, 0.4) is 0 Å². The quantitative estimate of drug-likeness (QED) is 0.353. The zero-order valence-electron chi connectivity index (χ0n) is 12.3. The number of carbonyl (C=O) groups is 1. The largest absolute Gasteiger partial charge is 0.494 e. The van der Waals surface area contributed by atoms with Crippen LogP contribution in [0.2, 0.25) is 0 Å². The number of hydrogen-bond acceptors (Lipinski definition) is 4. The Balaban J connectivity index is 1.84. The third-order valence-electron chi connectivity index (χ3n) is 2.75. The van der Waals surface area contributed by atoms with Crippen molar-refractivity contribution in [3.05, 3.63) is 71.8 Å². The number of carbonyl (C=O) groups excluding carboxylic acids is 1. The Morgan fingerprint density at radius 2 is 1.77 bits per heavy atom. The Morgan fingerprint density at radius 1 is 1.05 bits per heavy atom. The average molecular weight is 295 g/mol. The molecular weight excluding hydrogens is 278 g/mol. The molecule has 0 radical (unpaired) electrons. The van der Waals surface area contributed by atoms with Crippen LogP contribution in [0.15, 0.2) is 65.8 Å². The van der Waals surface area contributed by atoms with Crippen LogP contribution in [0.5, 0.6) is 5.75 Å². The van der Waals surface area contributed by atoms with E-state index in [9.17, 15) is 4.79 Å². The predicted octanol–water partition coefficient (Wildman–Crippen LogP) is 3.68. The van der Waals surface area contributed by atoms with Crippen molar-refractivity contribution in [1.82, 2.24) is 0 Å². The highest BCUT2D eigenvalue weighted by Gasteiger charge is 1.96. The lowest BCUT2D eigenvalue weighted by atomic mass is 10.2. The molecule has 0 amide bonds. The van der Waals surface area contributed by atoms with Crippen LogP contribution in [-0.4, -0.2) is 18.8 Å². The van der Waals surface area contributed by atoms with E-state index in [-0.39, 0.29) is 0 Å². The fourth-order valence-electron chi connectivity index (χ4n) is 1.71. The molecule has 2 rings (SSSR count). The summed E-state index contributed by atoms with van der Waals surface area (Å²) in [6, 6.07) is 16.8. The van der Waals surface area contributed by atoms with Gasteiger partial charge in [-0.3, -0.25) is 0 Å². The van der Waals surface area contributed by atoms with Gasteiger partial charge in [0, 0.05) is 6.08 Å². The molecule has 4 nitrogen and oxygen atoms in total. The van der Waals surface area contributed by atoms with Crippen LogP contribution >= 0.6 is 0 Å². The molecular formula is C18H17NO3. The van der Waals surface area contributed by atoms with E-state index in [2.05, 4.69) is 5.16 Å². The summed E-state index contributed by atoms with van der Waals surface area (Å²) in [5.41, 5.74) is 1.75. The van der Waals surface area contributed by atoms with E-state index in [4.69, 9.17) is 9.57 Å². The van der Waals surface area contributed by atoms with E-state index in [1.165, 1.54) is 12.3 Å². The molecule has 0 fully saturated rings. The molecule has 2 aromatic rings. The summed E-state index contributed by atoms with van der Waals surface area (Å²) in [6.45, 7) is 2.55. The van der Waals surface area contributed by atoms with Crippen LogP contribution in [0.25, 0.3) is 6.08 Å². The molecule has 0 bridgehead atoms. The van der Waals surface area contributed by atoms with E-state index in [0.29, 0.717) is 6.61 Å². The van der Waals surface area contributed by atoms with Crippen LogP contribution in [-0.2, 0) is 9.63 Å². The van der Waals surface area contributed by atoms with E-state index < -0.39 is 5.97 Å². The van der Waals surface area contributed by atoms with Gasteiger partial charge in [0.25, 0.3) is 0 Å². The van der Waals surface area contributed by atoms with Gasteiger partial charge >= 0.3 is 5.97 Å². The van der Waals surface area contributed by atoms with Crippen molar-refractivity contribution in [2.75, 3.05) is 6.61 Å². The highest BCUT2D eigenvalue weighted by atomic mass is 16.7. The zero-order valence-corrected chi connectivity index (χ0v) is 12.3. The molecule has 0 N–H and O–H groups in total. The van der Waals surface area contributed by atoms with Gasteiger partial charge < -0.3 is 9.57 Å². The van der Waals surface area contributed by atoms with Gasteiger partial charge in [0.05, 0.1) is 12.8 Å². The van der Waals surface area contributed by atoms with E-state index in [1.807, 2.05) is 61.5 Å². The Kier molecular flexibility index (Phi) is 5.93. The van der Waals surface area contributed by atoms with Gasteiger partial charge in [-0.2, -0.15) is 0 Å². The van der Waals surface area contributed by atoms with Crippen molar-refractivity contribution < 1.29 is 14.4 Å². The van der Waals surface area contributed by atoms with Crippen molar-refractivity contribution in [3.8, 4) is 5.75 Å². The lowest BCUT2D eigenvalue weighted by Crippen LogP contribution is -1.95. The standard InChI is InChI=1S/C18H17NO3/c1-2-21-17-11-8-16(9-12-17)14-19-22-18(20)13-10-15-6-4-3-5-7-15/h3-14H,2H2,1H3/b13-10-,19-14-. The number of oxime groups is 1. The van der Waals surface area contributed by atoms with Crippen LogP contribution in [0.1, 0.15) is 18.1 Å². The zero-order chi connectivity index (χ0) is 15.6. The minimum absolute atomic E-state index is 0.522. The normalized spacial score (nSPS) is 11.0.